The molecule has 0 aliphatic carbocycles. The molecule has 4 aromatic rings. The predicted octanol–water partition coefficient (Wildman–Crippen LogP) is 4.85. The van der Waals surface area contributed by atoms with Crippen LogP contribution in [0.25, 0.3) is 11.0 Å². The highest BCUT2D eigenvalue weighted by atomic mass is 16.5. The molecule has 134 valence electrons. The van der Waals surface area contributed by atoms with Crippen LogP contribution in [0.15, 0.2) is 78.9 Å². The van der Waals surface area contributed by atoms with E-state index >= 15 is 0 Å². The van der Waals surface area contributed by atoms with Gasteiger partial charge in [-0.05, 0) is 49.4 Å². The third kappa shape index (κ3) is 3.82. The molecule has 0 fully saturated rings. The summed E-state index contributed by atoms with van der Waals surface area (Å²) >= 11 is 0. The largest absolute Gasteiger partial charge is 0.457 e. The van der Waals surface area contributed by atoms with E-state index in [9.17, 15) is 4.79 Å². The summed E-state index contributed by atoms with van der Waals surface area (Å²) in [7, 11) is 0. The van der Waals surface area contributed by atoms with Crippen LogP contribution in [0.4, 0.5) is 0 Å². The Morgan fingerprint density at radius 1 is 0.963 bits per heavy atom. The number of aromatic nitrogens is 2. The van der Waals surface area contributed by atoms with Crippen molar-refractivity contribution >= 4 is 16.9 Å². The third-order valence-corrected chi connectivity index (χ3v) is 4.24. The summed E-state index contributed by atoms with van der Waals surface area (Å²) in [6, 6.07) is 24.1. The Morgan fingerprint density at radius 2 is 1.70 bits per heavy atom. The van der Waals surface area contributed by atoms with Gasteiger partial charge in [0.2, 0.25) is 0 Å². The van der Waals surface area contributed by atoms with Crippen LogP contribution in [0.2, 0.25) is 0 Å². The van der Waals surface area contributed by atoms with Gasteiger partial charge < -0.3 is 15.0 Å². The summed E-state index contributed by atoms with van der Waals surface area (Å²) in [5.41, 5.74) is 2.37. The van der Waals surface area contributed by atoms with E-state index in [0.717, 1.165) is 22.6 Å². The number of para-hydroxylation sites is 3. The normalized spacial score (nSPS) is 11.9. The second kappa shape index (κ2) is 7.33. The third-order valence-electron chi connectivity index (χ3n) is 4.24. The first kappa shape index (κ1) is 16.8. The first-order chi connectivity index (χ1) is 13.2. The highest BCUT2D eigenvalue weighted by molar-refractivity contribution is 5.94. The van der Waals surface area contributed by atoms with E-state index in [4.69, 9.17) is 4.74 Å². The van der Waals surface area contributed by atoms with Gasteiger partial charge in [0, 0.05) is 5.56 Å². The molecule has 0 radical (unpaired) electrons. The molecule has 0 saturated carbocycles. The molecule has 2 N–H and O–H groups in total. The van der Waals surface area contributed by atoms with Crippen LogP contribution in [0.5, 0.6) is 11.5 Å². The molecule has 1 amide bonds. The topological polar surface area (TPSA) is 67.0 Å². The first-order valence-corrected chi connectivity index (χ1v) is 8.77. The van der Waals surface area contributed by atoms with Crippen molar-refractivity contribution in [3.8, 4) is 11.5 Å². The van der Waals surface area contributed by atoms with Crippen molar-refractivity contribution in [2.45, 2.75) is 13.0 Å². The van der Waals surface area contributed by atoms with E-state index in [1.165, 1.54) is 0 Å². The Hall–Kier alpha value is -3.60. The van der Waals surface area contributed by atoms with Crippen LogP contribution in [0.1, 0.15) is 29.1 Å². The van der Waals surface area contributed by atoms with Crippen LogP contribution in [0.3, 0.4) is 0 Å². The lowest BCUT2D eigenvalue weighted by Gasteiger charge is -2.12. The Morgan fingerprint density at radius 3 is 2.52 bits per heavy atom. The highest BCUT2D eigenvalue weighted by Gasteiger charge is 2.15. The molecule has 4 rings (SSSR count). The maximum atomic E-state index is 12.6. The Balaban J connectivity index is 1.48. The standard InChI is InChI=1S/C22H19N3O2/c1-15(21-24-19-12-5-6-13-20(19)25-21)23-22(26)16-8-7-11-18(14-16)27-17-9-3-2-4-10-17/h2-15H,1H3,(H,23,26)(H,24,25)/t15-/m0/s1. The maximum Gasteiger partial charge on any atom is 0.251 e. The van der Waals surface area contributed by atoms with Gasteiger partial charge in [-0.1, -0.05) is 36.4 Å². The molecule has 5 heteroatoms. The van der Waals surface area contributed by atoms with Crippen LogP contribution in [-0.4, -0.2) is 15.9 Å². The number of amides is 1. The number of fused-ring (bicyclic) bond motifs is 1. The summed E-state index contributed by atoms with van der Waals surface area (Å²) in [5.74, 6) is 1.89. The summed E-state index contributed by atoms with van der Waals surface area (Å²) < 4.78 is 5.80. The van der Waals surface area contributed by atoms with Crippen molar-refractivity contribution < 1.29 is 9.53 Å². The first-order valence-electron chi connectivity index (χ1n) is 8.77. The Kier molecular flexibility index (Phi) is 4.58. The van der Waals surface area contributed by atoms with Crippen molar-refractivity contribution in [2.75, 3.05) is 0 Å². The van der Waals surface area contributed by atoms with Gasteiger partial charge in [0.1, 0.15) is 17.3 Å². The van der Waals surface area contributed by atoms with Gasteiger partial charge in [0.05, 0.1) is 17.1 Å². The number of carbonyl (C=O) groups excluding carboxylic acids is 1. The second-order valence-corrected chi connectivity index (χ2v) is 6.28. The summed E-state index contributed by atoms with van der Waals surface area (Å²) in [5, 5.41) is 2.98. The zero-order chi connectivity index (χ0) is 18.6. The number of benzene rings is 3. The molecule has 0 bridgehead atoms. The predicted molar refractivity (Wildman–Crippen MR) is 105 cm³/mol. The minimum Gasteiger partial charge on any atom is -0.457 e. The fourth-order valence-electron chi connectivity index (χ4n) is 2.85. The summed E-state index contributed by atoms with van der Waals surface area (Å²) in [4.78, 5) is 20.4. The highest BCUT2D eigenvalue weighted by Crippen LogP contribution is 2.22. The fraction of sp³-hybridized carbons (Fsp3) is 0.0909. The van der Waals surface area contributed by atoms with Crippen molar-refractivity contribution in [1.82, 2.24) is 15.3 Å². The van der Waals surface area contributed by atoms with Crippen LogP contribution in [-0.2, 0) is 0 Å². The summed E-state index contributed by atoms with van der Waals surface area (Å²) in [6.07, 6.45) is 0. The van der Waals surface area contributed by atoms with Gasteiger partial charge in [-0.15, -0.1) is 0 Å². The van der Waals surface area contributed by atoms with Crippen LogP contribution in [0, 0.1) is 0 Å². The lowest BCUT2D eigenvalue weighted by molar-refractivity contribution is 0.0938. The molecule has 5 nitrogen and oxygen atoms in total. The molecule has 27 heavy (non-hydrogen) atoms. The summed E-state index contributed by atoms with van der Waals surface area (Å²) in [6.45, 7) is 1.90. The number of nitrogens with one attached hydrogen (secondary N) is 2. The van der Waals surface area contributed by atoms with Crippen molar-refractivity contribution in [1.29, 1.82) is 0 Å². The van der Waals surface area contributed by atoms with Gasteiger partial charge in [-0.3, -0.25) is 4.79 Å². The van der Waals surface area contributed by atoms with E-state index in [-0.39, 0.29) is 11.9 Å². The molecule has 0 saturated heterocycles. The molecular formula is C22H19N3O2. The molecule has 0 unspecified atom stereocenters. The number of hydrogen-bond acceptors (Lipinski definition) is 3. The van der Waals surface area contributed by atoms with E-state index in [0.29, 0.717) is 11.3 Å². The minimum absolute atomic E-state index is 0.179. The molecule has 1 atom stereocenters. The zero-order valence-electron chi connectivity index (χ0n) is 14.8. The Labute approximate surface area is 157 Å². The fourth-order valence-corrected chi connectivity index (χ4v) is 2.85. The maximum absolute atomic E-state index is 12.6. The number of rotatable bonds is 5. The van der Waals surface area contributed by atoms with Gasteiger partial charge in [-0.2, -0.15) is 0 Å². The number of H-pyrrole nitrogens is 1. The molecule has 0 spiro atoms. The number of hydrogen-bond donors (Lipinski definition) is 2. The molecular weight excluding hydrogens is 338 g/mol. The monoisotopic (exact) mass is 357 g/mol. The zero-order valence-corrected chi connectivity index (χ0v) is 14.8. The van der Waals surface area contributed by atoms with Crippen LogP contribution < -0.4 is 10.1 Å². The molecule has 1 aromatic heterocycles. The van der Waals surface area contributed by atoms with E-state index < -0.39 is 0 Å². The average Bonchev–Trinajstić information content (AvgIpc) is 3.13. The average molecular weight is 357 g/mol. The number of imidazole rings is 1. The lowest BCUT2D eigenvalue weighted by atomic mass is 10.2. The van der Waals surface area contributed by atoms with Crippen molar-refractivity contribution in [2.24, 2.45) is 0 Å². The number of carbonyl (C=O) groups is 1. The van der Waals surface area contributed by atoms with E-state index in [2.05, 4.69) is 15.3 Å². The number of ether oxygens (including phenoxy) is 1. The van der Waals surface area contributed by atoms with Gasteiger partial charge in [0.15, 0.2) is 0 Å². The number of aromatic amines is 1. The van der Waals surface area contributed by atoms with E-state index in [1.54, 1.807) is 18.2 Å². The molecule has 0 aliphatic heterocycles. The van der Waals surface area contributed by atoms with Gasteiger partial charge in [0.25, 0.3) is 5.91 Å². The molecule has 0 aliphatic rings. The number of nitrogens with zero attached hydrogens (tertiary/aromatic N) is 1. The molecule has 3 aromatic carbocycles. The van der Waals surface area contributed by atoms with Crippen molar-refractivity contribution in [3.63, 3.8) is 0 Å². The van der Waals surface area contributed by atoms with Crippen molar-refractivity contribution in [3.05, 3.63) is 90.3 Å². The Bertz CT molecular complexity index is 1040. The second-order valence-electron chi connectivity index (χ2n) is 6.28. The van der Waals surface area contributed by atoms with Crippen LogP contribution >= 0.6 is 0 Å². The molecule has 1 heterocycles. The van der Waals surface area contributed by atoms with Gasteiger partial charge in [-0.25, -0.2) is 4.98 Å². The smallest absolute Gasteiger partial charge is 0.251 e. The van der Waals surface area contributed by atoms with Gasteiger partial charge >= 0.3 is 0 Å². The minimum atomic E-state index is -0.247. The lowest BCUT2D eigenvalue weighted by Crippen LogP contribution is -2.27. The van der Waals surface area contributed by atoms with E-state index in [1.807, 2.05) is 67.6 Å². The SMILES string of the molecule is C[C@H](NC(=O)c1cccc(Oc2ccccc2)c1)c1nc2ccccc2[nH]1. The quantitative estimate of drug-likeness (QED) is 0.537.